The van der Waals surface area contributed by atoms with Gasteiger partial charge in [-0.25, -0.2) is 4.79 Å². The van der Waals surface area contributed by atoms with Crippen molar-refractivity contribution in [3.63, 3.8) is 0 Å². The molecular weight excluding hydrogens is 769 g/mol. The number of rotatable bonds is 24. The smallest absolute Gasteiger partial charge is 0.455 e. The highest BCUT2D eigenvalue weighted by molar-refractivity contribution is 5.60. The number of unbranched alkanes of at least 4 members (excludes halogenated alkanes) is 14. The number of piperidine rings is 2. The quantitative estimate of drug-likeness (QED) is 0.0619. The zero-order valence-corrected chi connectivity index (χ0v) is 39.1. The molecule has 2 saturated carbocycles. The molecule has 8 rings (SSSR count). The van der Waals surface area contributed by atoms with Crippen LogP contribution in [0.2, 0.25) is 0 Å². The van der Waals surface area contributed by atoms with Gasteiger partial charge in [-0.05, 0) is 136 Å². The van der Waals surface area contributed by atoms with E-state index < -0.39 is 18.7 Å². The summed E-state index contributed by atoms with van der Waals surface area (Å²) in [6.45, 7) is 6.73. The van der Waals surface area contributed by atoms with Crippen LogP contribution in [0, 0.1) is 11.8 Å². The fraction of sp³-hybridized carbons (Fsp3) is 0.764. The minimum Gasteiger partial charge on any atom is -0.455 e. The molecule has 2 unspecified atom stereocenters. The van der Waals surface area contributed by atoms with Crippen LogP contribution in [0.3, 0.4) is 0 Å². The molecule has 0 aromatic heterocycles. The molecule has 7 heteroatoms. The van der Waals surface area contributed by atoms with Crippen LogP contribution in [-0.2, 0) is 33.1 Å². The molecule has 7 nitrogen and oxygen atoms in total. The first-order valence-electron chi connectivity index (χ1n) is 26.5. The second-order valence-corrected chi connectivity index (χ2v) is 20.8. The lowest BCUT2D eigenvalue weighted by Gasteiger charge is -2.56. The topological polar surface area (TPSA) is 78.1 Å². The van der Waals surface area contributed by atoms with E-state index in [9.17, 15) is 4.79 Å². The van der Waals surface area contributed by atoms with Gasteiger partial charge >= 0.3 is 6.16 Å². The molecule has 0 amide bonds. The molecule has 2 aliphatic heterocycles. The van der Waals surface area contributed by atoms with Crippen molar-refractivity contribution in [1.29, 1.82) is 0 Å². The van der Waals surface area contributed by atoms with Crippen molar-refractivity contribution in [3.05, 3.63) is 58.7 Å². The predicted octanol–water partition coefficient (Wildman–Crippen LogP) is 13.7. The van der Waals surface area contributed by atoms with Gasteiger partial charge in [-0.15, -0.1) is 0 Å². The molecule has 0 spiro atoms. The summed E-state index contributed by atoms with van der Waals surface area (Å²) in [7, 11) is 0. The Balaban J connectivity index is 0.960. The Morgan fingerprint density at radius 2 is 0.984 bits per heavy atom. The average Bonchev–Trinajstić information content (AvgIpc) is 3.28. The predicted molar refractivity (Wildman–Crippen MR) is 251 cm³/mol. The number of fused-ring (bicyclic) bond motifs is 2. The van der Waals surface area contributed by atoms with Crippen LogP contribution in [0.25, 0.3) is 0 Å². The molecule has 2 heterocycles. The highest BCUT2D eigenvalue weighted by Crippen LogP contribution is 2.56. The first-order valence-corrected chi connectivity index (χ1v) is 26.5. The number of hydrogen-bond acceptors (Lipinski definition) is 7. The minimum absolute atomic E-state index is 0.234. The van der Waals surface area contributed by atoms with Crippen molar-refractivity contribution >= 4 is 6.16 Å². The van der Waals surface area contributed by atoms with Crippen LogP contribution in [0.1, 0.15) is 216 Å². The summed E-state index contributed by atoms with van der Waals surface area (Å²) in [6, 6.07) is 14.7. The van der Waals surface area contributed by atoms with E-state index in [-0.39, 0.29) is 10.8 Å². The van der Waals surface area contributed by atoms with Gasteiger partial charge in [0.05, 0.1) is 0 Å². The SMILES string of the molecule is CCCCCCCCCCC(OC(=O)OC(CCCCCCCCCC)Oc1ccc2c(c1)[C@@]13CCCC[C@H]1[C@@H](C2)NCC3)Oc1ccc2c(c1)[C@@]13CCCC[C@H]1[C@@H](C2)NCC3. The molecule has 4 bridgehead atoms. The zero-order chi connectivity index (χ0) is 42.6. The van der Waals surface area contributed by atoms with Crippen LogP contribution in [0.15, 0.2) is 36.4 Å². The molecule has 2 saturated heterocycles. The second-order valence-electron chi connectivity index (χ2n) is 20.8. The van der Waals surface area contributed by atoms with Crippen LogP contribution < -0.4 is 20.1 Å². The van der Waals surface area contributed by atoms with Crippen molar-refractivity contribution in [1.82, 2.24) is 10.6 Å². The Morgan fingerprint density at radius 3 is 1.42 bits per heavy atom. The van der Waals surface area contributed by atoms with Gasteiger partial charge in [0.1, 0.15) is 11.5 Å². The number of ether oxygens (including phenoxy) is 4. The fourth-order valence-corrected chi connectivity index (χ4v) is 13.7. The number of carbonyl (C=O) groups is 1. The normalized spacial score (nSPS) is 28.0. The fourth-order valence-electron chi connectivity index (χ4n) is 13.7. The van der Waals surface area contributed by atoms with Gasteiger partial charge in [-0.3, -0.25) is 0 Å². The van der Waals surface area contributed by atoms with Gasteiger partial charge in [-0.1, -0.05) is 142 Å². The molecule has 2 N–H and O–H groups in total. The Kier molecular flexibility index (Phi) is 16.6. The molecule has 8 atom stereocenters. The van der Waals surface area contributed by atoms with Crippen LogP contribution in [-0.4, -0.2) is 43.9 Å². The van der Waals surface area contributed by atoms with Gasteiger partial charge in [0.15, 0.2) is 0 Å². The van der Waals surface area contributed by atoms with Gasteiger partial charge in [-0.2, -0.15) is 0 Å². The van der Waals surface area contributed by atoms with E-state index in [4.69, 9.17) is 18.9 Å². The summed E-state index contributed by atoms with van der Waals surface area (Å²) in [5, 5.41) is 7.75. The van der Waals surface area contributed by atoms with Crippen molar-refractivity contribution in [2.24, 2.45) is 11.8 Å². The molecule has 62 heavy (non-hydrogen) atoms. The third kappa shape index (κ3) is 10.8. The van der Waals surface area contributed by atoms with E-state index in [0.29, 0.717) is 36.8 Å². The highest BCUT2D eigenvalue weighted by atomic mass is 16.8. The number of hydrogen-bond donors (Lipinski definition) is 2. The molecule has 2 aromatic rings. The zero-order valence-electron chi connectivity index (χ0n) is 39.1. The first-order chi connectivity index (χ1) is 30.5. The minimum atomic E-state index is -0.715. The van der Waals surface area contributed by atoms with Crippen LogP contribution in [0.4, 0.5) is 4.79 Å². The van der Waals surface area contributed by atoms with Crippen LogP contribution >= 0.6 is 0 Å². The van der Waals surface area contributed by atoms with E-state index in [0.717, 1.165) is 63.1 Å². The summed E-state index contributed by atoms with van der Waals surface area (Å²) >= 11 is 0. The average molecular weight is 853 g/mol. The molecule has 4 aliphatic carbocycles. The Morgan fingerprint density at radius 1 is 0.565 bits per heavy atom. The lowest BCUT2D eigenvalue weighted by atomic mass is 9.53. The molecule has 0 radical (unpaired) electrons. The van der Waals surface area contributed by atoms with E-state index in [2.05, 4.69) is 60.9 Å². The summed E-state index contributed by atoms with van der Waals surface area (Å²) < 4.78 is 25.9. The number of nitrogens with one attached hydrogen (secondary N) is 2. The largest absolute Gasteiger partial charge is 0.514 e. The third-order valence-electron chi connectivity index (χ3n) is 16.8. The number of benzene rings is 2. The third-order valence-corrected chi connectivity index (χ3v) is 16.8. The summed E-state index contributed by atoms with van der Waals surface area (Å²) in [6.07, 6.45) is 33.6. The van der Waals surface area contributed by atoms with Crippen molar-refractivity contribution in [3.8, 4) is 11.5 Å². The molecule has 6 aliphatic rings. The van der Waals surface area contributed by atoms with E-state index in [1.807, 2.05) is 0 Å². The van der Waals surface area contributed by atoms with Crippen molar-refractivity contribution in [2.45, 2.75) is 242 Å². The highest BCUT2D eigenvalue weighted by Gasteiger charge is 2.53. The standard InChI is InChI=1S/C55H84N2O5/c1-3-5-7-9-11-13-15-17-25-51(59-43-29-27-41-37-49-45-23-19-21-31-54(45,33-35-56-49)47(41)39-43)61-53(58)62-52(26-18-16-14-12-10-8-6-4-2)60-44-30-28-42-38-50-46-24-20-22-32-55(46,34-36-57-50)48(42)40-44/h27-30,39-40,45-46,49-52,56-57H,3-26,31-38H2,1-2H3/t45-,46-,49+,50+,51?,52?,54+,55+/m0/s1. The lowest BCUT2D eigenvalue weighted by molar-refractivity contribution is -0.113. The van der Waals surface area contributed by atoms with Gasteiger partial charge in [0, 0.05) is 35.8 Å². The summed E-state index contributed by atoms with van der Waals surface area (Å²) in [5.74, 6) is 3.03. The molecule has 4 fully saturated rings. The Bertz CT molecular complexity index is 1580. The Labute approximate surface area is 376 Å². The second kappa shape index (κ2) is 22.4. The molecule has 344 valence electrons. The lowest BCUT2D eigenvalue weighted by Crippen LogP contribution is -2.59. The number of carbonyl (C=O) groups excluding carboxylic acids is 1. The van der Waals surface area contributed by atoms with Crippen molar-refractivity contribution < 1.29 is 23.7 Å². The maximum atomic E-state index is 14.0. The van der Waals surface area contributed by atoms with E-state index in [1.54, 1.807) is 0 Å². The first kappa shape index (κ1) is 45.8. The van der Waals surface area contributed by atoms with Gasteiger partial charge < -0.3 is 29.6 Å². The maximum absolute atomic E-state index is 14.0. The molecular formula is C55H84N2O5. The van der Waals surface area contributed by atoms with Crippen LogP contribution in [0.5, 0.6) is 11.5 Å². The Hall–Kier alpha value is -2.77. The van der Waals surface area contributed by atoms with Gasteiger partial charge in [0.25, 0.3) is 0 Å². The maximum Gasteiger partial charge on any atom is 0.514 e. The van der Waals surface area contributed by atoms with Gasteiger partial charge in [0.2, 0.25) is 12.6 Å². The van der Waals surface area contributed by atoms with E-state index >= 15 is 0 Å². The van der Waals surface area contributed by atoms with Crippen molar-refractivity contribution in [2.75, 3.05) is 13.1 Å². The summed E-state index contributed by atoms with van der Waals surface area (Å²) in [5.41, 5.74) is 6.39. The summed E-state index contributed by atoms with van der Waals surface area (Å²) in [4.78, 5) is 14.0. The van der Waals surface area contributed by atoms with E-state index in [1.165, 1.54) is 164 Å². The molecule has 2 aromatic carbocycles. The monoisotopic (exact) mass is 853 g/mol.